The van der Waals surface area contributed by atoms with Gasteiger partial charge in [0.05, 0.1) is 0 Å². The highest BCUT2D eigenvalue weighted by Gasteiger charge is 2.13. The molecule has 0 saturated heterocycles. The van der Waals surface area contributed by atoms with Gasteiger partial charge in [-0.25, -0.2) is 0 Å². The van der Waals surface area contributed by atoms with Crippen LogP contribution >= 0.6 is 0 Å². The zero-order valence-corrected chi connectivity index (χ0v) is 9.67. The maximum Gasteiger partial charge on any atom is 0.153 e. The van der Waals surface area contributed by atoms with Crippen LogP contribution in [0.2, 0.25) is 0 Å². The second kappa shape index (κ2) is 5.41. The van der Waals surface area contributed by atoms with E-state index >= 15 is 0 Å². The van der Waals surface area contributed by atoms with Gasteiger partial charge in [-0.05, 0) is 16.7 Å². The van der Waals surface area contributed by atoms with Crippen LogP contribution in [-0.4, -0.2) is 13.4 Å². The molecule has 0 saturated carbocycles. The lowest BCUT2D eigenvalue weighted by molar-refractivity contribution is -0.116. The SMILES string of the molecule is COC(C=O)c1ccccc1-c1ccccc1. The van der Waals surface area contributed by atoms with Crippen molar-refractivity contribution in [3.63, 3.8) is 0 Å². The van der Waals surface area contributed by atoms with Gasteiger partial charge in [-0.15, -0.1) is 0 Å². The smallest absolute Gasteiger partial charge is 0.153 e. The van der Waals surface area contributed by atoms with E-state index in [9.17, 15) is 4.79 Å². The molecule has 0 radical (unpaired) electrons. The van der Waals surface area contributed by atoms with Crippen molar-refractivity contribution in [3.05, 3.63) is 60.2 Å². The quantitative estimate of drug-likeness (QED) is 0.748. The van der Waals surface area contributed by atoms with Crippen LogP contribution in [0.25, 0.3) is 11.1 Å². The standard InChI is InChI=1S/C15H14O2/c1-17-15(11-16)14-10-6-5-9-13(14)12-7-3-2-4-8-12/h2-11,15H,1H3. The van der Waals surface area contributed by atoms with Crippen molar-refractivity contribution >= 4 is 6.29 Å². The summed E-state index contributed by atoms with van der Waals surface area (Å²) in [6, 6.07) is 17.8. The summed E-state index contributed by atoms with van der Waals surface area (Å²) in [5, 5.41) is 0. The van der Waals surface area contributed by atoms with Crippen LogP contribution in [0.5, 0.6) is 0 Å². The van der Waals surface area contributed by atoms with Crippen LogP contribution in [0.1, 0.15) is 11.7 Å². The van der Waals surface area contributed by atoms with Crippen molar-refractivity contribution in [2.24, 2.45) is 0 Å². The van der Waals surface area contributed by atoms with E-state index in [2.05, 4.69) is 0 Å². The zero-order valence-electron chi connectivity index (χ0n) is 9.67. The van der Waals surface area contributed by atoms with Crippen LogP contribution in [0.4, 0.5) is 0 Å². The van der Waals surface area contributed by atoms with Gasteiger partial charge in [0.25, 0.3) is 0 Å². The summed E-state index contributed by atoms with van der Waals surface area (Å²) in [6.45, 7) is 0. The van der Waals surface area contributed by atoms with Crippen molar-refractivity contribution < 1.29 is 9.53 Å². The number of carbonyl (C=O) groups excluding carboxylic acids is 1. The molecule has 2 aromatic carbocycles. The third kappa shape index (κ3) is 2.43. The van der Waals surface area contributed by atoms with Crippen LogP contribution < -0.4 is 0 Å². The predicted octanol–water partition coefficient (Wildman–Crippen LogP) is 3.24. The molecule has 2 aromatic rings. The van der Waals surface area contributed by atoms with Crippen LogP contribution in [0.15, 0.2) is 54.6 Å². The molecule has 0 amide bonds. The predicted molar refractivity (Wildman–Crippen MR) is 67.7 cm³/mol. The van der Waals surface area contributed by atoms with Gasteiger partial charge in [0.1, 0.15) is 6.10 Å². The molecule has 86 valence electrons. The molecule has 0 aliphatic carbocycles. The Bertz CT molecular complexity index is 491. The molecule has 0 N–H and O–H groups in total. The summed E-state index contributed by atoms with van der Waals surface area (Å²) in [5.74, 6) is 0. The molecule has 2 rings (SSSR count). The second-order valence-corrected chi connectivity index (χ2v) is 3.75. The Labute approximate surface area is 101 Å². The van der Waals surface area contributed by atoms with Crippen LogP contribution in [0, 0.1) is 0 Å². The summed E-state index contributed by atoms with van der Waals surface area (Å²) in [7, 11) is 1.54. The van der Waals surface area contributed by atoms with E-state index in [1.54, 1.807) is 7.11 Å². The average molecular weight is 226 g/mol. The fourth-order valence-corrected chi connectivity index (χ4v) is 1.88. The largest absolute Gasteiger partial charge is 0.369 e. The summed E-state index contributed by atoms with van der Waals surface area (Å²) >= 11 is 0. The van der Waals surface area contributed by atoms with Gasteiger partial charge < -0.3 is 9.53 Å². The fourth-order valence-electron chi connectivity index (χ4n) is 1.88. The number of methoxy groups -OCH3 is 1. The molecule has 0 fully saturated rings. The number of benzene rings is 2. The third-order valence-electron chi connectivity index (χ3n) is 2.73. The maximum atomic E-state index is 11.0. The fraction of sp³-hybridized carbons (Fsp3) is 0.133. The van der Waals surface area contributed by atoms with Crippen LogP contribution in [0.3, 0.4) is 0 Å². The monoisotopic (exact) mass is 226 g/mol. The minimum Gasteiger partial charge on any atom is -0.369 e. The first kappa shape index (κ1) is 11.6. The van der Waals surface area contributed by atoms with E-state index in [-0.39, 0.29) is 0 Å². The minimum absolute atomic E-state index is 0.508. The van der Waals surface area contributed by atoms with Gasteiger partial charge >= 0.3 is 0 Å². The zero-order chi connectivity index (χ0) is 12.1. The Balaban J connectivity index is 2.51. The maximum absolute atomic E-state index is 11.0. The molecule has 0 heterocycles. The first-order chi connectivity index (χ1) is 8.36. The number of hydrogen-bond acceptors (Lipinski definition) is 2. The first-order valence-corrected chi connectivity index (χ1v) is 5.49. The highest BCUT2D eigenvalue weighted by atomic mass is 16.5. The molecular weight excluding hydrogens is 212 g/mol. The number of aldehydes is 1. The summed E-state index contributed by atoms with van der Waals surface area (Å²) in [6.07, 6.45) is 0.313. The van der Waals surface area contributed by atoms with E-state index in [1.807, 2.05) is 54.6 Å². The molecule has 1 atom stereocenters. The number of ether oxygens (including phenoxy) is 1. The average Bonchev–Trinajstić information content (AvgIpc) is 2.42. The topological polar surface area (TPSA) is 26.3 Å². The van der Waals surface area contributed by atoms with E-state index in [0.717, 1.165) is 23.0 Å². The lowest BCUT2D eigenvalue weighted by atomic mass is 9.97. The van der Waals surface area contributed by atoms with Crippen molar-refractivity contribution in [1.29, 1.82) is 0 Å². The van der Waals surface area contributed by atoms with Crippen molar-refractivity contribution in [1.82, 2.24) is 0 Å². The molecule has 2 heteroatoms. The Hall–Kier alpha value is -1.93. The second-order valence-electron chi connectivity index (χ2n) is 3.75. The molecule has 0 aromatic heterocycles. The Morgan fingerprint density at radius 1 is 1.00 bits per heavy atom. The Kier molecular flexibility index (Phi) is 3.68. The van der Waals surface area contributed by atoms with E-state index in [1.165, 1.54) is 0 Å². The molecule has 0 bridgehead atoms. The molecular formula is C15H14O2. The van der Waals surface area contributed by atoms with Gasteiger partial charge in [0, 0.05) is 7.11 Å². The minimum atomic E-state index is -0.508. The summed E-state index contributed by atoms with van der Waals surface area (Å²) < 4.78 is 5.18. The number of carbonyl (C=O) groups is 1. The first-order valence-electron chi connectivity index (χ1n) is 5.49. The Morgan fingerprint density at radius 3 is 2.29 bits per heavy atom. The normalized spacial score (nSPS) is 12.1. The van der Waals surface area contributed by atoms with Gasteiger partial charge in [0.2, 0.25) is 0 Å². The van der Waals surface area contributed by atoms with Gasteiger partial charge in [0.15, 0.2) is 6.29 Å². The lowest BCUT2D eigenvalue weighted by Crippen LogP contribution is -2.04. The number of rotatable bonds is 4. The summed E-state index contributed by atoms with van der Waals surface area (Å²) in [4.78, 5) is 11.0. The third-order valence-corrected chi connectivity index (χ3v) is 2.73. The molecule has 0 aliphatic heterocycles. The molecule has 2 nitrogen and oxygen atoms in total. The molecule has 0 spiro atoms. The van der Waals surface area contributed by atoms with E-state index < -0.39 is 6.10 Å². The summed E-state index contributed by atoms with van der Waals surface area (Å²) in [5.41, 5.74) is 3.02. The van der Waals surface area contributed by atoms with E-state index in [4.69, 9.17) is 4.74 Å². The van der Waals surface area contributed by atoms with Crippen molar-refractivity contribution in [2.75, 3.05) is 7.11 Å². The van der Waals surface area contributed by atoms with Crippen LogP contribution in [-0.2, 0) is 9.53 Å². The molecule has 17 heavy (non-hydrogen) atoms. The molecule has 1 unspecified atom stereocenters. The highest BCUT2D eigenvalue weighted by Crippen LogP contribution is 2.28. The molecule has 0 aliphatic rings. The van der Waals surface area contributed by atoms with Crippen molar-refractivity contribution in [2.45, 2.75) is 6.10 Å². The van der Waals surface area contributed by atoms with E-state index in [0.29, 0.717) is 0 Å². The van der Waals surface area contributed by atoms with Crippen molar-refractivity contribution in [3.8, 4) is 11.1 Å². The van der Waals surface area contributed by atoms with Gasteiger partial charge in [-0.2, -0.15) is 0 Å². The lowest BCUT2D eigenvalue weighted by Gasteiger charge is -2.14. The number of hydrogen-bond donors (Lipinski definition) is 0. The van der Waals surface area contributed by atoms with Gasteiger partial charge in [-0.3, -0.25) is 0 Å². The van der Waals surface area contributed by atoms with Gasteiger partial charge in [-0.1, -0.05) is 54.6 Å². The highest BCUT2D eigenvalue weighted by molar-refractivity contribution is 5.73. The Morgan fingerprint density at radius 2 is 1.65 bits per heavy atom.